The van der Waals surface area contributed by atoms with E-state index < -0.39 is 29.3 Å². The van der Waals surface area contributed by atoms with Crippen molar-refractivity contribution in [1.82, 2.24) is 4.90 Å². The highest BCUT2D eigenvalue weighted by Crippen LogP contribution is 2.37. The zero-order valence-corrected chi connectivity index (χ0v) is 11.8. The molecule has 0 saturated carbocycles. The van der Waals surface area contributed by atoms with Crippen molar-refractivity contribution in [3.05, 3.63) is 47.0 Å². The third-order valence-electron chi connectivity index (χ3n) is 3.33. The number of rotatable bonds is 4. The number of amides is 1. The number of Topliss-reactive ketones (excluding diaryl/α,β-unsaturated/α-hetero) is 1. The van der Waals surface area contributed by atoms with E-state index in [0.29, 0.717) is 5.56 Å². The van der Waals surface area contributed by atoms with Gasteiger partial charge >= 0.3 is 0 Å². The molecule has 6 heteroatoms. The molecule has 1 aliphatic heterocycles. The van der Waals surface area contributed by atoms with Crippen molar-refractivity contribution in [3.8, 4) is 0 Å². The molecule has 112 valence electrons. The van der Waals surface area contributed by atoms with Crippen LogP contribution in [0.3, 0.4) is 0 Å². The van der Waals surface area contributed by atoms with Crippen LogP contribution in [0.15, 0.2) is 35.6 Å². The maximum Gasteiger partial charge on any atom is 0.290 e. The van der Waals surface area contributed by atoms with Crippen LogP contribution in [-0.2, 0) is 9.59 Å². The first kappa shape index (κ1) is 15.2. The van der Waals surface area contributed by atoms with Gasteiger partial charge in [-0.15, -0.1) is 0 Å². The summed E-state index contributed by atoms with van der Waals surface area (Å²) in [5.41, 5.74) is 6.13. The van der Waals surface area contributed by atoms with Gasteiger partial charge in [0, 0.05) is 12.6 Å². The number of hydrogen-bond donors (Lipinski definition) is 2. The van der Waals surface area contributed by atoms with E-state index >= 15 is 0 Å². The normalized spacial score (nSPS) is 20.1. The number of ketones is 1. The number of nitrogens with two attached hydrogens (primary N) is 1. The Bertz CT molecular complexity index is 625. The monoisotopic (exact) mass is 292 g/mol. The summed E-state index contributed by atoms with van der Waals surface area (Å²) in [6.45, 7) is 3.13. The highest BCUT2D eigenvalue weighted by atomic mass is 19.1. The number of nitrogens with zero attached hydrogens (tertiary/aromatic N) is 1. The van der Waals surface area contributed by atoms with Crippen molar-refractivity contribution in [2.75, 3.05) is 6.54 Å². The summed E-state index contributed by atoms with van der Waals surface area (Å²) in [6, 6.07) is 4.46. The molecule has 21 heavy (non-hydrogen) atoms. The van der Waals surface area contributed by atoms with Gasteiger partial charge in [-0.1, -0.05) is 12.1 Å². The first-order valence-corrected chi connectivity index (χ1v) is 6.59. The smallest absolute Gasteiger partial charge is 0.290 e. The van der Waals surface area contributed by atoms with Crippen LogP contribution in [0.1, 0.15) is 25.5 Å². The van der Waals surface area contributed by atoms with Crippen molar-refractivity contribution < 1.29 is 19.1 Å². The van der Waals surface area contributed by atoms with E-state index in [-0.39, 0.29) is 18.2 Å². The molecular formula is C15H17FN2O3. The number of carbonyl (C=O) groups excluding carboxylic acids is 2. The summed E-state index contributed by atoms with van der Waals surface area (Å²) < 4.78 is 13.4. The van der Waals surface area contributed by atoms with Crippen LogP contribution in [0.25, 0.3) is 0 Å². The third-order valence-corrected chi connectivity index (χ3v) is 3.33. The number of hydrogen-bond acceptors (Lipinski definition) is 4. The van der Waals surface area contributed by atoms with E-state index in [0.717, 1.165) is 0 Å². The quantitative estimate of drug-likeness (QED) is 0.880. The van der Waals surface area contributed by atoms with Crippen LogP contribution in [0.2, 0.25) is 0 Å². The Morgan fingerprint density at radius 2 is 2.19 bits per heavy atom. The first-order valence-electron chi connectivity index (χ1n) is 6.59. The number of aliphatic hydroxyl groups excluding tert-OH is 1. The van der Waals surface area contributed by atoms with Gasteiger partial charge in [0.2, 0.25) is 0 Å². The molecule has 2 rings (SSSR count). The zero-order chi connectivity index (χ0) is 15.7. The second-order valence-electron chi connectivity index (χ2n) is 5.21. The summed E-state index contributed by atoms with van der Waals surface area (Å²) in [4.78, 5) is 25.2. The van der Waals surface area contributed by atoms with Crippen LogP contribution in [0, 0.1) is 5.82 Å². The number of aliphatic hydroxyl groups is 1. The average molecular weight is 292 g/mol. The van der Waals surface area contributed by atoms with Crippen LogP contribution in [-0.4, -0.2) is 34.3 Å². The predicted molar refractivity (Wildman–Crippen MR) is 74.8 cm³/mol. The molecule has 0 aliphatic carbocycles. The second kappa shape index (κ2) is 5.65. The van der Waals surface area contributed by atoms with Crippen LogP contribution in [0.5, 0.6) is 0 Å². The van der Waals surface area contributed by atoms with Gasteiger partial charge in [-0.25, -0.2) is 4.39 Å². The van der Waals surface area contributed by atoms with Gasteiger partial charge in [0.15, 0.2) is 11.5 Å². The fourth-order valence-corrected chi connectivity index (χ4v) is 2.53. The minimum atomic E-state index is -0.809. The van der Waals surface area contributed by atoms with Crippen LogP contribution in [0.4, 0.5) is 4.39 Å². The molecular weight excluding hydrogens is 275 g/mol. The molecule has 2 unspecified atom stereocenters. The molecule has 1 heterocycles. The van der Waals surface area contributed by atoms with Crippen molar-refractivity contribution in [1.29, 1.82) is 0 Å². The molecule has 0 fully saturated rings. The summed E-state index contributed by atoms with van der Waals surface area (Å²) in [5.74, 6) is -2.15. The van der Waals surface area contributed by atoms with Gasteiger partial charge in [-0.3, -0.25) is 9.59 Å². The van der Waals surface area contributed by atoms with E-state index in [2.05, 4.69) is 0 Å². The average Bonchev–Trinajstić information content (AvgIpc) is 2.63. The molecule has 0 aromatic heterocycles. The van der Waals surface area contributed by atoms with Gasteiger partial charge < -0.3 is 15.7 Å². The van der Waals surface area contributed by atoms with Gasteiger partial charge in [-0.05, 0) is 31.5 Å². The van der Waals surface area contributed by atoms with Crippen molar-refractivity contribution in [2.24, 2.45) is 5.73 Å². The lowest BCUT2D eigenvalue weighted by Gasteiger charge is -2.28. The molecule has 1 aromatic carbocycles. The topological polar surface area (TPSA) is 83.6 Å². The van der Waals surface area contributed by atoms with Gasteiger partial charge in [0.25, 0.3) is 5.91 Å². The van der Waals surface area contributed by atoms with Gasteiger partial charge in [0.05, 0.1) is 11.6 Å². The molecule has 1 aromatic rings. The van der Waals surface area contributed by atoms with E-state index in [1.54, 1.807) is 13.0 Å². The standard InChI is InChI=1S/C15H17FN2O3/c1-8(17)7-18-13(10-4-3-5-11(16)6-10)12(9(2)19)14(20)15(18)21/h3-6,8,13,20H,7,17H2,1-2H3. The summed E-state index contributed by atoms with van der Waals surface area (Å²) in [7, 11) is 0. The molecule has 1 aliphatic rings. The lowest BCUT2D eigenvalue weighted by molar-refractivity contribution is -0.129. The Hall–Kier alpha value is -2.21. The minimum absolute atomic E-state index is 0.0220. The molecule has 0 bridgehead atoms. The SMILES string of the molecule is CC(=O)C1=C(O)C(=O)N(CC(C)N)C1c1cccc(F)c1. The van der Waals surface area contributed by atoms with Crippen molar-refractivity contribution in [2.45, 2.75) is 25.9 Å². The van der Waals surface area contributed by atoms with Crippen LogP contribution >= 0.6 is 0 Å². The Kier molecular flexibility index (Phi) is 4.09. The molecule has 1 amide bonds. The third kappa shape index (κ3) is 2.80. The maximum absolute atomic E-state index is 13.4. The predicted octanol–water partition coefficient (Wildman–Crippen LogP) is 1.46. The molecule has 0 radical (unpaired) electrons. The Balaban J connectivity index is 2.54. The van der Waals surface area contributed by atoms with Gasteiger partial charge in [0.1, 0.15) is 5.82 Å². The van der Waals surface area contributed by atoms with Gasteiger partial charge in [-0.2, -0.15) is 0 Å². The fourth-order valence-electron chi connectivity index (χ4n) is 2.53. The minimum Gasteiger partial charge on any atom is -0.503 e. The Labute approximate surface area is 121 Å². The molecule has 2 atom stereocenters. The highest BCUT2D eigenvalue weighted by molar-refractivity contribution is 6.08. The van der Waals surface area contributed by atoms with Crippen molar-refractivity contribution in [3.63, 3.8) is 0 Å². The zero-order valence-electron chi connectivity index (χ0n) is 11.8. The van der Waals surface area contributed by atoms with E-state index in [1.807, 2.05) is 0 Å². The van der Waals surface area contributed by atoms with E-state index in [9.17, 15) is 19.1 Å². The molecule has 5 nitrogen and oxygen atoms in total. The van der Waals surface area contributed by atoms with Crippen molar-refractivity contribution >= 4 is 11.7 Å². The number of halogens is 1. The summed E-state index contributed by atoms with van der Waals surface area (Å²) in [6.07, 6.45) is 0. The molecule has 0 spiro atoms. The second-order valence-corrected chi connectivity index (χ2v) is 5.21. The van der Waals surface area contributed by atoms with E-state index in [4.69, 9.17) is 5.73 Å². The molecule has 0 saturated heterocycles. The fraction of sp³-hybridized carbons (Fsp3) is 0.333. The Morgan fingerprint density at radius 3 is 2.71 bits per heavy atom. The maximum atomic E-state index is 13.4. The summed E-state index contributed by atoms with van der Waals surface area (Å²) >= 11 is 0. The highest BCUT2D eigenvalue weighted by Gasteiger charge is 2.42. The van der Waals surface area contributed by atoms with Crippen LogP contribution < -0.4 is 5.73 Å². The summed E-state index contributed by atoms with van der Waals surface area (Å²) in [5, 5.41) is 9.95. The molecule has 3 N–H and O–H groups in total. The lowest BCUT2D eigenvalue weighted by atomic mass is 9.96. The van der Waals surface area contributed by atoms with E-state index in [1.165, 1.54) is 30.0 Å². The number of carbonyl (C=O) groups is 2. The lowest BCUT2D eigenvalue weighted by Crippen LogP contribution is -2.39. The largest absolute Gasteiger partial charge is 0.503 e. The Morgan fingerprint density at radius 1 is 1.52 bits per heavy atom. The number of benzene rings is 1. The first-order chi connectivity index (χ1) is 9.82.